The number of aryl methyl sites for hydroxylation is 2. The van der Waals surface area contributed by atoms with E-state index in [1.165, 1.54) is 10.9 Å². The van der Waals surface area contributed by atoms with Crippen molar-refractivity contribution in [3.63, 3.8) is 0 Å². The molecule has 0 fully saturated rings. The number of carbonyl (C=O) groups is 1. The van der Waals surface area contributed by atoms with Crippen molar-refractivity contribution in [2.24, 2.45) is 0 Å². The van der Waals surface area contributed by atoms with Gasteiger partial charge in [-0.2, -0.15) is 0 Å². The van der Waals surface area contributed by atoms with Crippen molar-refractivity contribution in [1.82, 2.24) is 9.88 Å². The lowest BCUT2D eigenvalue weighted by atomic mass is 10.3. The predicted octanol–water partition coefficient (Wildman–Crippen LogP) is 2.81. The SMILES string of the molecule is CCc1ccc(CNC(=O)Nc2cn(CC)ccc2=O)s1. The van der Waals surface area contributed by atoms with Crippen LogP contribution in [0, 0.1) is 0 Å². The van der Waals surface area contributed by atoms with E-state index in [2.05, 4.69) is 23.6 Å². The standard InChI is InChI=1S/C15H19N3O2S/c1-3-11-5-6-12(21-11)9-16-15(20)17-13-10-18(4-2)8-7-14(13)19/h5-8,10H,3-4,9H2,1-2H3,(H2,16,17,20). The number of amides is 2. The number of aromatic nitrogens is 1. The van der Waals surface area contributed by atoms with Gasteiger partial charge in [0.1, 0.15) is 5.69 Å². The van der Waals surface area contributed by atoms with Crippen LogP contribution in [0.2, 0.25) is 0 Å². The molecule has 2 N–H and O–H groups in total. The number of urea groups is 1. The number of nitrogens with zero attached hydrogens (tertiary/aromatic N) is 1. The van der Waals surface area contributed by atoms with Crippen LogP contribution in [0.1, 0.15) is 23.6 Å². The summed E-state index contributed by atoms with van der Waals surface area (Å²) in [4.78, 5) is 25.9. The molecule has 112 valence electrons. The van der Waals surface area contributed by atoms with E-state index in [-0.39, 0.29) is 17.1 Å². The summed E-state index contributed by atoms with van der Waals surface area (Å²) in [6.45, 7) is 5.28. The Morgan fingerprint density at radius 3 is 2.67 bits per heavy atom. The van der Waals surface area contributed by atoms with Crippen molar-refractivity contribution < 1.29 is 4.79 Å². The zero-order valence-corrected chi connectivity index (χ0v) is 13.0. The number of hydrogen-bond donors (Lipinski definition) is 2. The molecule has 0 saturated heterocycles. The van der Waals surface area contributed by atoms with Crippen LogP contribution in [-0.4, -0.2) is 10.6 Å². The third kappa shape index (κ3) is 4.19. The van der Waals surface area contributed by atoms with Crippen LogP contribution in [0.5, 0.6) is 0 Å². The highest BCUT2D eigenvalue weighted by Crippen LogP contribution is 2.16. The Morgan fingerprint density at radius 2 is 2.00 bits per heavy atom. The summed E-state index contributed by atoms with van der Waals surface area (Å²) in [5.41, 5.74) is 0.0940. The van der Waals surface area contributed by atoms with E-state index in [4.69, 9.17) is 0 Å². The van der Waals surface area contributed by atoms with Crippen molar-refractivity contribution >= 4 is 23.1 Å². The first-order valence-electron chi connectivity index (χ1n) is 6.95. The molecule has 0 unspecified atom stereocenters. The monoisotopic (exact) mass is 305 g/mol. The summed E-state index contributed by atoms with van der Waals surface area (Å²) < 4.78 is 1.84. The maximum atomic E-state index is 11.8. The van der Waals surface area contributed by atoms with Crippen LogP contribution in [-0.2, 0) is 19.5 Å². The summed E-state index contributed by atoms with van der Waals surface area (Å²) in [5.74, 6) is 0. The quantitative estimate of drug-likeness (QED) is 0.892. The fraction of sp³-hybridized carbons (Fsp3) is 0.333. The highest BCUT2D eigenvalue weighted by Gasteiger charge is 2.06. The molecule has 0 aliphatic rings. The van der Waals surface area contributed by atoms with Gasteiger partial charge in [-0.25, -0.2) is 4.79 Å². The van der Waals surface area contributed by atoms with Crippen LogP contribution in [0.15, 0.2) is 35.4 Å². The zero-order valence-electron chi connectivity index (χ0n) is 12.2. The van der Waals surface area contributed by atoms with Gasteiger partial charge in [-0.3, -0.25) is 4.79 Å². The van der Waals surface area contributed by atoms with Crippen molar-refractivity contribution in [2.45, 2.75) is 33.4 Å². The Bertz CT molecular complexity index is 676. The lowest BCUT2D eigenvalue weighted by Gasteiger charge is -2.08. The lowest BCUT2D eigenvalue weighted by Crippen LogP contribution is -2.30. The van der Waals surface area contributed by atoms with Gasteiger partial charge in [0.15, 0.2) is 0 Å². The van der Waals surface area contributed by atoms with E-state index in [9.17, 15) is 9.59 Å². The van der Waals surface area contributed by atoms with Crippen LogP contribution in [0.3, 0.4) is 0 Å². The summed E-state index contributed by atoms with van der Waals surface area (Å²) in [6.07, 6.45) is 4.34. The number of anilines is 1. The van der Waals surface area contributed by atoms with E-state index in [1.807, 2.05) is 17.6 Å². The van der Waals surface area contributed by atoms with Crippen molar-refractivity contribution in [3.05, 3.63) is 50.6 Å². The normalized spacial score (nSPS) is 10.4. The molecule has 21 heavy (non-hydrogen) atoms. The number of nitrogens with one attached hydrogen (secondary N) is 2. The Hall–Kier alpha value is -2.08. The first kappa shape index (κ1) is 15.3. The molecule has 2 aromatic heterocycles. The molecule has 0 spiro atoms. The molecule has 0 atom stereocenters. The molecule has 0 aliphatic heterocycles. The van der Waals surface area contributed by atoms with Gasteiger partial charge < -0.3 is 15.2 Å². The minimum atomic E-state index is -0.368. The molecule has 5 nitrogen and oxygen atoms in total. The van der Waals surface area contributed by atoms with Crippen molar-refractivity contribution in [3.8, 4) is 0 Å². The Labute approximate surface area is 127 Å². The van der Waals surface area contributed by atoms with Gasteiger partial charge in [-0.15, -0.1) is 11.3 Å². The lowest BCUT2D eigenvalue weighted by molar-refractivity contribution is 0.252. The molecule has 0 saturated carbocycles. The van der Waals surface area contributed by atoms with Gasteiger partial charge in [0.05, 0.1) is 6.54 Å². The largest absolute Gasteiger partial charge is 0.352 e. The van der Waals surface area contributed by atoms with E-state index in [0.717, 1.165) is 17.8 Å². The average Bonchev–Trinajstić information content (AvgIpc) is 2.95. The van der Waals surface area contributed by atoms with Gasteiger partial charge >= 0.3 is 6.03 Å². The molecular formula is C15H19N3O2S. The third-order valence-electron chi connectivity index (χ3n) is 3.08. The van der Waals surface area contributed by atoms with Gasteiger partial charge in [-0.05, 0) is 25.5 Å². The molecule has 2 rings (SSSR count). The predicted molar refractivity (Wildman–Crippen MR) is 85.9 cm³/mol. The van der Waals surface area contributed by atoms with Gasteiger partial charge in [0.25, 0.3) is 0 Å². The van der Waals surface area contributed by atoms with Crippen molar-refractivity contribution in [1.29, 1.82) is 0 Å². The molecule has 0 bridgehead atoms. The number of thiophene rings is 1. The van der Waals surface area contributed by atoms with Crippen LogP contribution in [0.4, 0.5) is 10.5 Å². The minimum Gasteiger partial charge on any atom is -0.352 e. The molecule has 2 heterocycles. The Kier molecular flexibility index (Phi) is 5.16. The van der Waals surface area contributed by atoms with Gasteiger partial charge in [0, 0.05) is 34.8 Å². The second-order valence-corrected chi connectivity index (χ2v) is 5.84. The van der Waals surface area contributed by atoms with E-state index < -0.39 is 0 Å². The molecule has 2 amide bonds. The molecule has 2 aromatic rings. The number of hydrogen-bond acceptors (Lipinski definition) is 3. The Morgan fingerprint density at radius 1 is 1.24 bits per heavy atom. The maximum Gasteiger partial charge on any atom is 0.319 e. The molecule has 0 aliphatic carbocycles. The molecular weight excluding hydrogens is 286 g/mol. The first-order valence-corrected chi connectivity index (χ1v) is 7.76. The summed E-state index contributed by atoms with van der Waals surface area (Å²) >= 11 is 1.68. The minimum absolute atomic E-state index is 0.195. The topological polar surface area (TPSA) is 63.1 Å². The van der Waals surface area contributed by atoms with Crippen LogP contribution in [0.25, 0.3) is 0 Å². The van der Waals surface area contributed by atoms with Gasteiger partial charge in [-0.1, -0.05) is 6.92 Å². The van der Waals surface area contributed by atoms with Crippen LogP contribution < -0.4 is 16.1 Å². The summed E-state index contributed by atoms with van der Waals surface area (Å²) in [6, 6.07) is 5.16. The third-order valence-corrected chi connectivity index (χ3v) is 4.31. The van der Waals surface area contributed by atoms with Gasteiger partial charge in [0.2, 0.25) is 5.43 Å². The average molecular weight is 305 g/mol. The number of rotatable bonds is 5. The molecule has 6 heteroatoms. The van der Waals surface area contributed by atoms with E-state index >= 15 is 0 Å². The van der Waals surface area contributed by atoms with E-state index in [1.54, 1.807) is 23.7 Å². The Balaban J connectivity index is 1.94. The highest BCUT2D eigenvalue weighted by molar-refractivity contribution is 7.11. The fourth-order valence-corrected chi connectivity index (χ4v) is 2.76. The fourth-order valence-electron chi connectivity index (χ4n) is 1.86. The summed E-state index contributed by atoms with van der Waals surface area (Å²) in [5, 5.41) is 5.36. The van der Waals surface area contributed by atoms with Crippen LogP contribution >= 0.6 is 11.3 Å². The second kappa shape index (κ2) is 7.08. The highest BCUT2D eigenvalue weighted by atomic mass is 32.1. The van der Waals surface area contributed by atoms with Crippen molar-refractivity contribution in [2.75, 3.05) is 5.32 Å². The second-order valence-electron chi connectivity index (χ2n) is 4.58. The number of carbonyl (C=O) groups excluding carboxylic acids is 1. The zero-order chi connectivity index (χ0) is 15.2. The smallest absolute Gasteiger partial charge is 0.319 e. The molecule has 0 aromatic carbocycles. The molecule has 0 radical (unpaired) electrons. The summed E-state index contributed by atoms with van der Waals surface area (Å²) in [7, 11) is 0. The van der Waals surface area contributed by atoms with E-state index in [0.29, 0.717) is 6.54 Å². The number of pyridine rings is 1. The first-order chi connectivity index (χ1) is 10.1. The maximum absolute atomic E-state index is 11.8.